The van der Waals surface area contributed by atoms with Crippen LogP contribution < -0.4 is 5.32 Å². The zero-order valence-corrected chi connectivity index (χ0v) is 13.8. The number of benzene rings is 1. The number of anilines is 1. The van der Waals surface area contributed by atoms with Gasteiger partial charge in [0.2, 0.25) is 0 Å². The second-order valence-electron chi connectivity index (χ2n) is 5.19. The van der Waals surface area contributed by atoms with Gasteiger partial charge in [-0.1, -0.05) is 30.7 Å². The van der Waals surface area contributed by atoms with Gasteiger partial charge < -0.3 is 15.3 Å². The van der Waals surface area contributed by atoms with Gasteiger partial charge in [-0.15, -0.1) is 0 Å². The lowest BCUT2D eigenvalue weighted by Gasteiger charge is -2.20. The minimum absolute atomic E-state index is 0.0523. The maximum atomic E-state index is 12.1. The zero-order valence-electron chi connectivity index (χ0n) is 13.1. The predicted molar refractivity (Wildman–Crippen MR) is 90.7 cm³/mol. The molecule has 0 atom stereocenters. The van der Waals surface area contributed by atoms with Gasteiger partial charge in [0.15, 0.2) is 0 Å². The molecular formula is C16H21ClN4O2. The SMILES string of the molecule is CCCN(CCO)C(=O)Nc1cnn(Cc2ccc(Cl)cc2)c1. The fourth-order valence-electron chi connectivity index (χ4n) is 2.20. The predicted octanol–water partition coefficient (Wildman–Crippen LogP) is 2.82. The Morgan fingerprint density at radius 2 is 2.09 bits per heavy atom. The van der Waals surface area contributed by atoms with E-state index in [4.69, 9.17) is 16.7 Å². The van der Waals surface area contributed by atoms with Gasteiger partial charge in [0.05, 0.1) is 25.0 Å². The minimum atomic E-state index is -0.230. The Labute approximate surface area is 140 Å². The van der Waals surface area contributed by atoms with Crippen molar-refractivity contribution in [1.29, 1.82) is 0 Å². The van der Waals surface area contributed by atoms with Crippen LogP contribution in [0.25, 0.3) is 0 Å². The summed E-state index contributed by atoms with van der Waals surface area (Å²) in [5, 5.41) is 16.8. The molecule has 124 valence electrons. The molecule has 0 aliphatic heterocycles. The van der Waals surface area contributed by atoms with E-state index in [1.54, 1.807) is 22.0 Å². The van der Waals surface area contributed by atoms with Gasteiger partial charge in [-0.25, -0.2) is 4.79 Å². The molecule has 0 saturated carbocycles. The van der Waals surface area contributed by atoms with Gasteiger partial charge in [0.25, 0.3) is 0 Å². The highest BCUT2D eigenvalue weighted by molar-refractivity contribution is 6.30. The van der Waals surface area contributed by atoms with Crippen molar-refractivity contribution < 1.29 is 9.90 Å². The zero-order chi connectivity index (χ0) is 16.7. The number of halogens is 1. The largest absolute Gasteiger partial charge is 0.395 e. The molecule has 0 unspecified atom stereocenters. The van der Waals surface area contributed by atoms with Crippen molar-refractivity contribution in [3.8, 4) is 0 Å². The summed E-state index contributed by atoms with van der Waals surface area (Å²) in [6.07, 6.45) is 4.22. The molecule has 2 rings (SSSR count). The lowest BCUT2D eigenvalue weighted by molar-refractivity contribution is 0.188. The van der Waals surface area contributed by atoms with Crippen LogP contribution in [0.15, 0.2) is 36.7 Å². The van der Waals surface area contributed by atoms with Gasteiger partial charge in [0.1, 0.15) is 0 Å². The van der Waals surface area contributed by atoms with Crippen molar-refractivity contribution in [3.05, 3.63) is 47.2 Å². The Morgan fingerprint density at radius 3 is 2.74 bits per heavy atom. The average Bonchev–Trinajstić information content (AvgIpc) is 2.96. The van der Waals surface area contributed by atoms with Crippen LogP contribution in [0.5, 0.6) is 0 Å². The standard InChI is InChI=1S/C16H21ClN4O2/c1-2-7-20(8-9-22)16(23)19-15-10-18-21(12-15)11-13-3-5-14(17)6-4-13/h3-6,10,12,22H,2,7-9,11H2,1H3,(H,19,23). The van der Waals surface area contributed by atoms with Crippen LogP contribution in [-0.4, -0.2) is 45.5 Å². The van der Waals surface area contributed by atoms with Crippen LogP contribution in [0, 0.1) is 0 Å². The highest BCUT2D eigenvalue weighted by Crippen LogP contribution is 2.12. The molecule has 0 radical (unpaired) electrons. The second kappa shape index (κ2) is 8.55. The van der Waals surface area contributed by atoms with Crippen molar-refractivity contribution in [3.63, 3.8) is 0 Å². The molecule has 0 aliphatic rings. The molecule has 0 aliphatic carbocycles. The molecule has 0 fully saturated rings. The van der Waals surface area contributed by atoms with Gasteiger partial charge in [-0.3, -0.25) is 4.68 Å². The number of urea groups is 1. The number of nitrogens with one attached hydrogen (secondary N) is 1. The first kappa shape index (κ1) is 17.3. The molecule has 0 bridgehead atoms. The summed E-state index contributed by atoms with van der Waals surface area (Å²) >= 11 is 5.86. The third-order valence-electron chi connectivity index (χ3n) is 3.29. The fraction of sp³-hybridized carbons (Fsp3) is 0.375. The van der Waals surface area contributed by atoms with Crippen molar-refractivity contribution in [2.75, 3.05) is 25.0 Å². The molecule has 0 saturated heterocycles. The number of aliphatic hydroxyl groups excluding tert-OH is 1. The summed E-state index contributed by atoms with van der Waals surface area (Å²) in [5.41, 5.74) is 1.70. The maximum absolute atomic E-state index is 12.1. The quantitative estimate of drug-likeness (QED) is 0.816. The number of carbonyl (C=O) groups is 1. The smallest absolute Gasteiger partial charge is 0.322 e. The fourth-order valence-corrected chi connectivity index (χ4v) is 2.33. The van der Waals surface area contributed by atoms with Crippen molar-refractivity contribution >= 4 is 23.3 Å². The summed E-state index contributed by atoms with van der Waals surface area (Å²) in [6, 6.07) is 7.31. The molecule has 7 heteroatoms. The van der Waals surface area contributed by atoms with Crippen LogP contribution in [0.3, 0.4) is 0 Å². The topological polar surface area (TPSA) is 70.4 Å². The summed E-state index contributed by atoms with van der Waals surface area (Å²) in [6.45, 7) is 3.46. The van der Waals surface area contributed by atoms with E-state index >= 15 is 0 Å². The Hall–Kier alpha value is -2.05. The number of carbonyl (C=O) groups excluding carboxylic acids is 1. The van der Waals surface area contributed by atoms with E-state index in [-0.39, 0.29) is 12.6 Å². The summed E-state index contributed by atoms with van der Waals surface area (Å²) in [5.74, 6) is 0. The molecule has 23 heavy (non-hydrogen) atoms. The maximum Gasteiger partial charge on any atom is 0.322 e. The van der Waals surface area contributed by atoms with Gasteiger partial charge >= 0.3 is 6.03 Å². The van der Waals surface area contributed by atoms with E-state index in [0.717, 1.165) is 12.0 Å². The highest BCUT2D eigenvalue weighted by Gasteiger charge is 2.12. The normalized spacial score (nSPS) is 10.6. The molecule has 2 N–H and O–H groups in total. The van der Waals surface area contributed by atoms with Crippen molar-refractivity contribution in [1.82, 2.24) is 14.7 Å². The molecule has 1 aromatic carbocycles. The Bertz CT molecular complexity index is 621. The third kappa shape index (κ3) is 5.26. The number of hydrogen-bond acceptors (Lipinski definition) is 3. The molecule has 6 nitrogen and oxygen atoms in total. The van der Waals surface area contributed by atoms with Crippen LogP contribution in [0.2, 0.25) is 5.02 Å². The first-order valence-electron chi connectivity index (χ1n) is 7.56. The molecule has 0 spiro atoms. The molecule has 2 aromatic rings. The second-order valence-corrected chi connectivity index (χ2v) is 5.63. The van der Waals surface area contributed by atoms with Crippen molar-refractivity contribution in [2.24, 2.45) is 0 Å². The van der Waals surface area contributed by atoms with Gasteiger partial charge in [0, 0.05) is 24.3 Å². The summed E-state index contributed by atoms with van der Waals surface area (Å²) < 4.78 is 1.75. The lowest BCUT2D eigenvalue weighted by atomic mass is 10.2. The Balaban J connectivity index is 1.95. The molecule has 1 aromatic heterocycles. The van der Waals surface area contributed by atoms with Crippen molar-refractivity contribution in [2.45, 2.75) is 19.9 Å². The summed E-state index contributed by atoms with van der Waals surface area (Å²) in [4.78, 5) is 13.7. The van der Waals surface area contributed by atoms with E-state index in [2.05, 4.69) is 10.4 Å². The lowest BCUT2D eigenvalue weighted by Crippen LogP contribution is -2.37. The number of rotatable bonds is 7. The van der Waals surface area contributed by atoms with Crippen LogP contribution in [0.4, 0.5) is 10.5 Å². The number of aliphatic hydroxyl groups is 1. The average molecular weight is 337 g/mol. The molecular weight excluding hydrogens is 316 g/mol. The van der Waals surface area contributed by atoms with Gasteiger partial charge in [-0.05, 0) is 24.1 Å². The van der Waals surface area contributed by atoms with Crippen LogP contribution >= 0.6 is 11.6 Å². The molecule has 1 heterocycles. The number of hydrogen-bond donors (Lipinski definition) is 2. The summed E-state index contributed by atoms with van der Waals surface area (Å²) in [7, 11) is 0. The third-order valence-corrected chi connectivity index (χ3v) is 3.54. The number of amides is 2. The molecule has 2 amide bonds. The Kier molecular flexibility index (Phi) is 6.43. The van der Waals surface area contributed by atoms with Crippen LogP contribution in [-0.2, 0) is 6.54 Å². The first-order valence-corrected chi connectivity index (χ1v) is 7.94. The highest BCUT2D eigenvalue weighted by atomic mass is 35.5. The van der Waals surface area contributed by atoms with E-state index in [9.17, 15) is 4.79 Å². The Morgan fingerprint density at radius 1 is 1.35 bits per heavy atom. The number of aromatic nitrogens is 2. The monoisotopic (exact) mass is 336 g/mol. The first-order chi connectivity index (χ1) is 11.1. The van der Waals surface area contributed by atoms with E-state index in [1.807, 2.05) is 31.2 Å². The van der Waals surface area contributed by atoms with Crippen LogP contribution in [0.1, 0.15) is 18.9 Å². The van der Waals surface area contributed by atoms with Gasteiger partial charge in [-0.2, -0.15) is 5.10 Å². The number of nitrogens with zero attached hydrogens (tertiary/aromatic N) is 3. The van der Waals surface area contributed by atoms with E-state index in [1.165, 1.54) is 0 Å². The van der Waals surface area contributed by atoms with E-state index < -0.39 is 0 Å². The van der Waals surface area contributed by atoms with E-state index in [0.29, 0.717) is 30.3 Å². The minimum Gasteiger partial charge on any atom is -0.395 e.